The van der Waals surface area contributed by atoms with Crippen molar-refractivity contribution in [3.05, 3.63) is 77.9 Å². The van der Waals surface area contributed by atoms with Crippen molar-refractivity contribution in [1.29, 1.82) is 0 Å². The number of anilines is 1. The van der Waals surface area contributed by atoms with Gasteiger partial charge < -0.3 is 19.5 Å². The first-order valence-corrected chi connectivity index (χ1v) is 14.4. The molecule has 39 heavy (non-hydrogen) atoms. The van der Waals surface area contributed by atoms with Crippen LogP contribution in [0.15, 0.2) is 66.7 Å². The van der Waals surface area contributed by atoms with E-state index in [0.29, 0.717) is 13.2 Å². The largest absolute Gasteiger partial charge is 0.372 e. The number of hydrogen-bond acceptors (Lipinski definition) is 5. The summed E-state index contributed by atoms with van der Waals surface area (Å²) in [4.78, 5) is 13.8. The van der Waals surface area contributed by atoms with Gasteiger partial charge in [0.05, 0.1) is 29.8 Å². The summed E-state index contributed by atoms with van der Waals surface area (Å²) in [5, 5.41) is 8.92. The molecule has 7 nitrogen and oxygen atoms in total. The Morgan fingerprint density at radius 1 is 0.821 bits per heavy atom. The molecular formula is C32H36N6O. The topological polar surface area (TPSA) is 73.1 Å². The van der Waals surface area contributed by atoms with Crippen molar-refractivity contribution in [2.45, 2.75) is 51.4 Å². The lowest BCUT2D eigenvalue weighted by Crippen LogP contribution is -2.46. The maximum atomic E-state index is 6.08. The Bertz CT molecular complexity index is 1540. The van der Waals surface area contributed by atoms with Gasteiger partial charge in [-0.05, 0) is 74.2 Å². The number of ether oxygens (including phenoxy) is 1. The lowest BCUT2D eigenvalue weighted by Gasteiger charge is -2.41. The molecule has 0 atom stereocenters. The minimum Gasteiger partial charge on any atom is -0.372 e. The number of likely N-dealkylation sites (tertiary alicyclic amines) is 1. The first-order valence-electron chi connectivity index (χ1n) is 14.4. The van der Waals surface area contributed by atoms with Crippen LogP contribution in [-0.4, -0.2) is 57.3 Å². The molecule has 2 fully saturated rings. The molecule has 7 rings (SSSR count). The molecule has 2 aliphatic heterocycles. The van der Waals surface area contributed by atoms with E-state index in [1.54, 1.807) is 0 Å². The number of imidazole rings is 1. The zero-order valence-electron chi connectivity index (χ0n) is 22.4. The van der Waals surface area contributed by atoms with Gasteiger partial charge in [-0.3, -0.25) is 5.10 Å². The van der Waals surface area contributed by atoms with Crippen LogP contribution in [0.25, 0.3) is 33.5 Å². The fourth-order valence-electron chi connectivity index (χ4n) is 6.37. The van der Waals surface area contributed by atoms with Gasteiger partial charge in [0.25, 0.3) is 0 Å². The van der Waals surface area contributed by atoms with Crippen LogP contribution in [0.3, 0.4) is 0 Å². The van der Waals surface area contributed by atoms with Gasteiger partial charge in [0.2, 0.25) is 0 Å². The number of hydrogen-bond donors (Lipinski definition) is 2. The van der Waals surface area contributed by atoms with E-state index >= 15 is 0 Å². The van der Waals surface area contributed by atoms with Gasteiger partial charge >= 0.3 is 0 Å². The van der Waals surface area contributed by atoms with Crippen LogP contribution in [0.5, 0.6) is 0 Å². The van der Waals surface area contributed by atoms with Crippen LogP contribution in [0.1, 0.15) is 43.2 Å². The Morgan fingerprint density at radius 3 is 2.51 bits per heavy atom. The molecule has 7 heteroatoms. The Hall–Kier alpha value is -3.68. The molecule has 0 aliphatic carbocycles. The smallest absolute Gasteiger partial charge is 0.159 e. The van der Waals surface area contributed by atoms with Crippen LogP contribution < -0.4 is 4.90 Å². The predicted molar refractivity (Wildman–Crippen MR) is 157 cm³/mol. The Kier molecular flexibility index (Phi) is 6.77. The second-order valence-electron chi connectivity index (χ2n) is 11.0. The Balaban J connectivity index is 1.09. The SMILES string of the molecule is c1ccc(COCc2cccc3[nH]nc(-c4nc5ccc(N6CCC(N7CCCCC7)CC6)cc5[nH]4)c23)cc1. The third-order valence-corrected chi connectivity index (χ3v) is 8.47. The molecule has 0 bridgehead atoms. The van der Waals surface area contributed by atoms with Gasteiger partial charge in [0, 0.05) is 30.2 Å². The molecule has 3 aromatic carbocycles. The summed E-state index contributed by atoms with van der Waals surface area (Å²) < 4.78 is 6.08. The van der Waals surface area contributed by atoms with Crippen LogP contribution in [0.2, 0.25) is 0 Å². The molecular weight excluding hydrogens is 484 g/mol. The van der Waals surface area contributed by atoms with Gasteiger partial charge in [0.1, 0.15) is 5.69 Å². The van der Waals surface area contributed by atoms with Crippen LogP contribution in [-0.2, 0) is 18.0 Å². The van der Waals surface area contributed by atoms with Gasteiger partial charge in [-0.2, -0.15) is 5.10 Å². The van der Waals surface area contributed by atoms with E-state index in [4.69, 9.17) is 9.72 Å². The number of fused-ring (bicyclic) bond motifs is 2. The summed E-state index contributed by atoms with van der Waals surface area (Å²) in [7, 11) is 0. The van der Waals surface area contributed by atoms with E-state index in [-0.39, 0.29) is 0 Å². The molecule has 0 saturated carbocycles. The van der Waals surface area contributed by atoms with Crippen molar-refractivity contribution in [3.8, 4) is 11.5 Å². The molecule has 5 aromatic rings. The highest BCUT2D eigenvalue weighted by Gasteiger charge is 2.26. The summed E-state index contributed by atoms with van der Waals surface area (Å²) in [6.07, 6.45) is 6.64. The van der Waals surface area contributed by atoms with E-state index in [9.17, 15) is 0 Å². The molecule has 4 heterocycles. The van der Waals surface area contributed by atoms with Crippen LogP contribution >= 0.6 is 0 Å². The number of piperidine rings is 2. The highest BCUT2D eigenvalue weighted by atomic mass is 16.5. The second kappa shape index (κ2) is 10.8. The molecule has 2 aliphatic rings. The number of nitrogens with one attached hydrogen (secondary N) is 2. The number of benzene rings is 3. The van der Waals surface area contributed by atoms with E-state index < -0.39 is 0 Å². The van der Waals surface area contributed by atoms with E-state index in [2.05, 4.69) is 67.4 Å². The third-order valence-electron chi connectivity index (χ3n) is 8.47. The van der Waals surface area contributed by atoms with E-state index in [1.165, 1.54) is 56.4 Å². The average molecular weight is 521 g/mol. The lowest BCUT2D eigenvalue weighted by atomic mass is 9.99. The Labute approximate surface area is 229 Å². The van der Waals surface area contributed by atoms with E-state index in [0.717, 1.165) is 58.1 Å². The van der Waals surface area contributed by atoms with Gasteiger partial charge in [0.15, 0.2) is 5.82 Å². The molecule has 2 saturated heterocycles. The number of rotatable bonds is 7. The fraction of sp³-hybridized carbons (Fsp3) is 0.375. The molecule has 0 radical (unpaired) electrons. The lowest BCUT2D eigenvalue weighted by molar-refractivity contribution is 0.108. The van der Waals surface area contributed by atoms with Gasteiger partial charge in [-0.25, -0.2) is 4.98 Å². The highest BCUT2D eigenvalue weighted by molar-refractivity contribution is 5.95. The van der Waals surface area contributed by atoms with Crippen LogP contribution in [0.4, 0.5) is 5.69 Å². The monoisotopic (exact) mass is 520 g/mol. The Morgan fingerprint density at radius 2 is 1.67 bits per heavy atom. The highest BCUT2D eigenvalue weighted by Crippen LogP contribution is 2.31. The molecule has 0 unspecified atom stereocenters. The minimum atomic E-state index is 0.510. The standard InChI is InChI=1S/C32H36N6O/c1-3-8-23(9-4-1)21-39-22-24-10-7-11-28-30(24)31(36-35-28)32-33-27-13-12-26(20-29(27)34-32)38-18-14-25(15-19-38)37-16-5-2-6-17-37/h1,3-4,7-13,20,25H,2,5-6,14-19,21-22H2,(H,33,34)(H,35,36). The predicted octanol–water partition coefficient (Wildman–Crippen LogP) is 6.28. The minimum absolute atomic E-state index is 0.510. The van der Waals surface area contributed by atoms with E-state index in [1.807, 2.05) is 24.3 Å². The van der Waals surface area contributed by atoms with Crippen LogP contribution in [0, 0.1) is 0 Å². The number of H-pyrrole nitrogens is 2. The molecule has 2 N–H and O–H groups in total. The van der Waals surface area contributed by atoms with Crippen molar-refractivity contribution in [2.75, 3.05) is 31.1 Å². The number of nitrogens with zero attached hydrogens (tertiary/aromatic N) is 4. The first-order chi connectivity index (χ1) is 19.3. The quantitative estimate of drug-likeness (QED) is 0.264. The van der Waals surface area contributed by atoms with Crippen molar-refractivity contribution in [1.82, 2.24) is 25.1 Å². The molecule has 200 valence electrons. The van der Waals surface area contributed by atoms with Gasteiger partial charge in [-0.15, -0.1) is 0 Å². The normalized spacial score (nSPS) is 17.4. The number of aromatic nitrogens is 4. The van der Waals surface area contributed by atoms with Crippen molar-refractivity contribution in [2.24, 2.45) is 0 Å². The fourth-order valence-corrected chi connectivity index (χ4v) is 6.37. The summed E-state index contributed by atoms with van der Waals surface area (Å²) in [6.45, 7) is 5.89. The van der Waals surface area contributed by atoms with Gasteiger partial charge in [-0.1, -0.05) is 48.9 Å². The maximum absolute atomic E-state index is 6.08. The van der Waals surface area contributed by atoms with Crippen molar-refractivity contribution < 1.29 is 4.74 Å². The summed E-state index contributed by atoms with van der Waals surface area (Å²) in [5.41, 5.74) is 7.38. The summed E-state index contributed by atoms with van der Waals surface area (Å²) >= 11 is 0. The zero-order valence-corrected chi connectivity index (χ0v) is 22.4. The molecule has 0 amide bonds. The molecule has 2 aromatic heterocycles. The summed E-state index contributed by atoms with van der Waals surface area (Å²) in [6, 6.07) is 23.9. The second-order valence-corrected chi connectivity index (χ2v) is 11.0. The third kappa shape index (κ3) is 5.04. The summed E-state index contributed by atoms with van der Waals surface area (Å²) in [5.74, 6) is 0.785. The average Bonchev–Trinajstić information content (AvgIpc) is 3.63. The number of aromatic amines is 2. The maximum Gasteiger partial charge on any atom is 0.159 e. The molecule has 0 spiro atoms. The van der Waals surface area contributed by atoms with Crippen molar-refractivity contribution >= 4 is 27.6 Å². The van der Waals surface area contributed by atoms with Crippen molar-refractivity contribution in [3.63, 3.8) is 0 Å². The zero-order chi connectivity index (χ0) is 26.0. The first kappa shape index (κ1) is 24.4.